The van der Waals surface area contributed by atoms with E-state index in [4.69, 9.17) is 27.9 Å². The lowest BCUT2D eigenvalue weighted by Gasteiger charge is -2.10. The monoisotopic (exact) mass is 425 g/mol. The van der Waals surface area contributed by atoms with E-state index in [0.29, 0.717) is 28.1 Å². The first kappa shape index (κ1) is 21.9. The molecule has 2 rings (SSSR count). The Labute approximate surface area is 175 Å². The topological polar surface area (TPSA) is 38.3 Å². The minimum absolute atomic E-state index is 0.0313. The van der Waals surface area contributed by atoms with Crippen molar-refractivity contribution in [2.75, 3.05) is 12.3 Å². The number of aryl methyl sites for hydroxylation is 1. The predicted molar refractivity (Wildman–Crippen MR) is 116 cm³/mol. The van der Waals surface area contributed by atoms with Crippen LogP contribution in [0.25, 0.3) is 0 Å². The fourth-order valence-electron chi connectivity index (χ4n) is 2.49. The molecule has 0 aromatic heterocycles. The molecule has 0 bridgehead atoms. The van der Waals surface area contributed by atoms with Crippen molar-refractivity contribution in [1.82, 2.24) is 5.32 Å². The van der Waals surface area contributed by atoms with Crippen LogP contribution in [0.4, 0.5) is 0 Å². The van der Waals surface area contributed by atoms with Gasteiger partial charge in [-0.1, -0.05) is 41.4 Å². The number of rotatable bonds is 10. The van der Waals surface area contributed by atoms with Crippen molar-refractivity contribution in [3.05, 3.63) is 63.6 Å². The maximum atomic E-state index is 11.9. The molecule has 0 fully saturated rings. The summed E-state index contributed by atoms with van der Waals surface area (Å²) in [4.78, 5) is 11.9. The lowest BCUT2D eigenvalue weighted by Crippen LogP contribution is -2.26. The van der Waals surface area contributed by atoms with Crippen molar-refractivity contribution >= 4 is 40.9 Å². The van der Waals surface area contributed by atoms with E-state index < -0.39 is 0 Å². The molecule has 2 aromatic rings. The number of carbonyl (C=O) groups excluding carboxylic acids is 1. The number of thioether (sulfide) groups is 1. The number of carbonyl (C=O) groups is 1. The summed E-state index contributed by atoms with van der Waals surface area (Å²) in [7, 11) is 0. The highest BCUT2D eigenvalue weighted by Gasteiger charge is 2.07. The lowest BCUT2D eigenvalue weighted by molar-refractivity contribution is -0.118. The number of hydrogen-bond acceptors (Lipinski definition) is 3. The van der Waals surface area contributed by atoms with Crippen LogP contribution >= 0.6 is 35.0 Å². The highest BCUT2D eigenvalue weighted by molar-refractivity contribution is 7.99. The fourth-order valence-corrected chi connectivity index (χ4v) is 4.09. The van der Waals surface area contributed by atoms with Gasteiger partial charge in [0, 0.05) is 22.3 Å². The van der Waals surface area contributed by atoms with Gasteiger partial charge >= 0.3 is 0 Å². The van der Waals surface area contributed by atoms with Crippen LogP contribution in [0, 0.1) is 0 Å². The standard InChI is InChI=1S/C21H25Cl2NO2S/c1-15(2)26-17-10-8-16(9-11-17)5-4-12-24-21(25)14-27-13-18-19(22)6-3-7-20(18)23/h3,6-11,15H,4-5,12-14H2,1-2H3,(H,24,25). The van der Waals surface area contributed by atoms with E-state index in [2.05, 4.69) is 17.4 Å². The maximum absolute atomic E-state index is 11.9. The van der Waals surface area contributed by atoms with E-state index >= 15 is 0 Å². The second-order valence-electron chi connectivity index (χ2n) is 6.46. The van der Waals surface area contributed by atoms with E-state index in [9.17, 15) is 4.79 Å². The zero-order valence-electron chi connectivity index (χ0n) is 15.6. The van der Waals surface area contributed by atoms with Gasteiger partial charge in [0.25, 0.3) is 0 Å². The van der Waals surface area contributed by atoms with Crippen molar-refractivity contribution in [2.45, 2.75) is 38.5 Å². The number of benzene rings is 2. The average molecular weight is 426 g/mol. The second kappa shape index (κ2) is 11.5. The van der Waals surface area contributed by atoms with Crippen LogP contribution in [0.1, 0.15) is 31.4 Å². The molecule has 0 atom stereocenters. The van der Waals surface area contributed by atoms with Crippen molar-refractivity contribution < 1.29 is 9.53 Å². The Morgan fingerprint density at radius 2 is 1.78 bits per heavy atom. The van der Waals surface area contributed by atoms with Gasteiger partial charge in [0.2, 0.25) is 5.91 Å². The summed E-state index contributed by atoms with van der Waals surface area (Å²) in [6.07, 6.45) is 2.00. The third-order valence-corrected chi connectivity index (χ3v) is 5.47. The quantitative estimate of drug-likeness (QED) is 0.491. The van der Waals surface area contributed by atoms with Crippen LogP contribution in [0.3, 0.4) is 0 Å². The Bertz CT molecular complexity index is 715. The van der Waals surface area contributed by atoms with Crippen molar-refractivity contribution in [3.8, 4) is 5.75 Å². The molecule has 0 unspecified atom stereocenters. The summed E-state index contributed by atoms with van der Waals surface area (Å²) in [5.41, 5.74) is 2.12. The number of nitrogens with one attached hydrogen (secondary N) is 1. The Hall–Kier alpha value is -1.36. The van der Waals surface area contributed by atoms with E-state index in [1.54, 1.807) is 0 Å². The number of halogens is 2. The van der Waals surface area contributed by atoms with E-state index in [0.717, 1.165) is 24.2 Å². The molecule has 3 nitrogen and oxygen atoms in total. The molecular weight excluding hydrogens is 401 g/mol. The first-order valence-corrected chi connectivity index (χ1v) is 10.9. The smallest absolute Gasteiger partial charge is 0.230 e. The molecule has 0 saturated heterocycles. The summed E-state index contributed by atoms with van der Waals surface area (Å²) in [5.74, 6) is 1.93. The number of amides is 1. The van der Waals surface area contributed by atoms with E-state index in [1.807, 2.05) is 44.2 Å². The van der Waals surface area contributed by atoms with Gasteiger partial charge < -0.3 is 10.1 Å². The number of ether oxygens (including phenoxy) is 1. The second-order valence-corrected chi connectivity index (χ2v) is 8.26. The third kappa shape index (κ3) is 8.04. The molecule has 0 radical (unpaired) electrons. The SMILES string of the molecule is CC(C)Oc1ccc(CCCNC(=O)CSCc2c(Cl)cccc2Cl)cc1. The summed E-state index contributed by atoms with van der Waals surface area (Å²) in [5, 5.41) is 4.23. The molecule has 0 aliphatic heterocycles. The molecule has 0 saturated carbocycles. The van der Waals surface area contributed by atoms with Gasteiger partial charge in [-0.05, 0) is 62.1 Å². The van der Waals surface area contributed by atoms with Crippen LogP contribution < -0.4 is 10.1 Å². The molecule has 0 spiro atoms. The van der Waals surface area contributed by atoms with Gasteiger partial charge in [0.15, 0.2) is 0 Å². The van der Waals surface area contributed by atoms with Crippen molar-refractivity contribution in [1.29, 1.82) is 0 Å². The zero-order chi connectivity index (χ0) is 19.6. The Morgan fingerprint density at radius 3 is 2.41 bits per heavy atom. The molecule has 146 valence electrons. The van der Waals surface area contributed by atoms with E-state index in [-0.39, 0.29) is 12.0 Å². The van der Waals surface area contributed by atoms with Crippen LogP contribution in [0.2, 0.25) is 10.0 Å². The van der Waals surface area contributed by atoms with Crippen LogP contribution in [-0.2, 0) is 17.0 Å². The van der Waals surface area contributed by atoms with Gasteiger partial charge in [0.1, 0.15) is 5.75 Å². The highest BCUT2D eigenvalue weighted by Crippen LogP contribution is 2.28. The highest BCUT2D eigenvalue weighted by atomic mass is 35.5. The summed E-state index contributed by atoms with van der Waals surface area (Å²) >= 11 is 13.8. The maximum Gasteiger partial charge on any atom is 0.230 e. The Balaban J connectivity index is 1.62. The first-order valence-electron chi connectivity index (χ1n) is 8.98. The Morgan fingerprint density at radius 1 is 1.11 bits per heavy atom. The summed E-state index contributed by atoms with van der Waals surface area (Å²) in [6, 6.07) is 13.6. The average Bonchev–Trinajstić information content (AvgIpc) is 2.62. The number of hydrogen-bond donors (Lipinski definition) is 1. The molecule has 1 amide bonds. The third-order valence-electron chi connectivity index (χ3n) is 3.80. The predicted octanol–water partition coefficient (Wildman–Crippen LogP) is 5.76. The van der Waals surface area contributed by atoms with Gasteiger partial charge in [0.05, 0.1) is 11.9 Å². The molecular formula is C21H25Cl2NO2S. The minimum Gasteiger partial charge on any atom is -0.491 e. The molecule has 0 aliphatic carbocycles. The lowest BCUT2D eigenvalue weighted by atomic mass is 10.1. The van der Waals surface area contributed by atoms with Crippen molar-refractivity contribution in [3.63, 3.8) is 0 Å². The molecule has 27 heavy (non-hydrogen) atoms. The normalized spacial score (nSPS) is 10.9. The van der Waals surface area contributed by atoms with Gasteiger partial charge in [-0.25, -0.2) is 0 Å². The van der Waals surface area contributed by atoms with Gasteiger partial charge in [-0.2, -0.15) is 0 Å². The molecule has 1 N–H and O–H groups in total. The minimum atomic E-state index is 0.0313. The molecule has 0 aliphatic rings. The molecule has 2 aromatic carbocycles. The molecule has 0 heterocycles. The molecule has 6 heteroatoms. The first-order chi connectivity index (χ1) is 13.0. The largest absolute Gasteiger partial charge is 0.491 e. The van der Waals surface area contributed by atoms with Gasteiger partial charge in [-0.15, -0.1) is 11.8 Å². The van der Waals surface area contributed by atoms with Crippen LogP contribution in [-0.4, -0.2) is 24.3 Å². The van der Waals surface area contributed by atoms with Crippen LogP contribution in [0.5, 0.6) is 5.75 Å². The summed E-state index contributed by atoms with van der Waals surface area (Å²) < 4.78 is 5.63. The van der Waals surface area contributed by atoms with Crippen LogP contribution in [0.15, 0.2) is 42.5 Å². The van der Waals surface area contributed by atoms with Crippen molar-refractivity contribution in [2.24, 2.45) is 0 Å². The zero-order valence-corrected chi connectivity index (χ0v) is 18.0. The van der Waals surface area contributed by atoms with E-state index in [1.165, 1.54) is 17.3 Å². The fraction of sp³-hybridized carbons (Fsp3) is 0.381. The summed E-state index contributed by atoms with van der Waals surface area (Å²) in [6.45, 7) is 4.69. The Kier molecular flexibility index (Phi) is 9.32. The van der Waals surface area contributed by atoms with Gasteiger partial charge in [-0.3, -0.25) is 4.79 Å².